The minimum atomic E-state index is -0.599. The van der Waals surface area contributed by atoms with Gasteiger partial charge in [0.1, 0.15) is 16.5 Å². The Bertz CT molecular complexity index is 826. The van der Waals surface area contributed by atoms with Gasteiger partial charge in [-0.05, 0) is 43.7 Å². The summed E-state index contributed by atoms with van der Waals surface area (Å²) >= 11 is 7.36. The summed E-state index contributed by atoms with van der Waals surface area (Å²) < 4.78 is 5.70. The second-order valence-corrected chi connectivity index (χ2v) is 7.78. The Morgan fingerprint density at radius 1 is 1.30 bits per heavy atom. The first-order chi connectivity index (χ1) is 13.0. The SMILES string of the molecule is CCOc1ccccc1N1C(=O)CSC1c1ccc(NC(=O)C(C)Cl)cc1. The van der Waals surface area contributed by atoms with Crippen LogP contribution in [0, 0.1) is 0 Å². The van der Waals surface area contributed by atoms with E-state index in [1.807, 2.05) is 55.5 Å². The van der Waals surface area contributed by atoms with Crippen molar-refractivity contribution in [3.8, 4) is 5.75 Å². The first-order valence-electron chi connectivity index (χ1n) is 8.71. The van der Waals surface area contributed by atoms with Crippen molar-refractivity contribution in [3.63, 3.8) is 0 Å². The highest BCUT2D eigenvalue weighted by Gasteiger charge is 2.35. The molecular weight excluding hydrogens is 384 g/mol. The predicted octanol–water partition coefficient (Wildman–Crippen LogP) is 4.43. The van der Waals surface area contributed by atoms with Crippen molar-refractivity contribution < 1.29 is 14.3 Å². The summed E-state index contributed by atoms with van der Waals surface area (Å²) in [5.74, 6) is 0.904. The number of hydrogen-bond acceptors (Lipinski definition) is 4. The summed E-state index contributed by atoms with van der Waals surface area (Å²) in [7, 11) is 0. The molecule has 0 radical (unpaired) electrons. The average molecular weight is 405 g/mol. The number of amides is 2. The number of anilines is 2. The van der Waals surface area contributed by atoms with Crippen molar-refractivity contribution in [1.82, 2.24) is 0 Å². The molecule has 0 bridgehead atoms. The first kappa shape index (κ1) is 19.6. The van der Waals surface area contributed by atoms with Gasteiger partial charge in [0, 0.05) is 5.69 Å². The Kier molecular flexibility index (Phi) is 6.29. The molecule has 2 atom stereocenters. The lowest BCUT2D eigenvalue weighted by atomic mass is 10.1. The van der Waals surface area contributed by atoms with Crippen molar-refractivity contribution in [3.05, 3.63) is 54.1 Å². The van der Waals surface area contributed by atoms with Gasteiger partial charge in [-0.15, -0.1) is 23.4 Å². The van der Waals surface area contributed by atoms with Crippen LogP contribution in [-0.4, -0.2) is 29.6 Å². The molecule has 3 rings (SSSR count). The molecule has 0 aromatic heterocycles. The van der Waals surface area contributed by atoms with E-state index in [9.17, 15) is 9.59 Å². The third kappa shape index (κ3) is 4.39. The Morgan fingerprint density at radius 2 is 2.00 bits per heavy atom. The van der Waals surface area contributed by atoms with E-state index in [2.05, 4.69) is 5.32 Å². The van der Waals surface area contributed by atoms with E-state index in [4.69, 9.17) is 16.3 Å². The maximum Gasteiger partial charge on any atom is 0.242 e. The molecule has 1 saturated heterocycles. The number of alkyl halides is 1. The number of nitrogens with one attached hydrogen (secondary N) is 1. The lowest BCUT2D eigenvalue weighted by Gasteiger charge is -2.26. The van der Waals surface area contributed by atoms with Gasteiger partial charge in [-0.3, -0.25) is 14.5 Å². The molecule has 142 valence electrons. The molecule has 1 aliphatic heterocycles. The normalized spacial score (nSPS) is 17.7. The largest absolute Gasteiger partial charge is 0.492 e. The van der Waals surface area contributed by atoms with Gasteiger partial charge in [0.25, 0.3) is 0 Å². The molecule has 5 nitrogen and oxygen atoms in total. The van der Waals surface area contributed by atoms with Gasteiger partial charge >= 0.3 is 0 Å². The van der Waals surface area contributed by atoms with Gasteiger partial charge in [0.2, 0.25) is 11.8 Å². The van der Waals surface area contributed by atoms with E-state index in [1.54, 1.807) is 23.6 Å². The van der Waals surface area contributed by atoms with Crippen molar-refractivity contribution in [1.29, 1.82) is 0 Å². The molecule has 0 aliphatic carbocycles. The van der Waals surface area contributed by atoms with Crippen molar-refractivity contribution in [2.45, 2.75) is 24.6 Å². The molecular formula is C20H21ClN2O3S. The second-order valence-electron chi connectivity index (χ2n) is 6.06. The third-order valence-corrected chi connectivity index (χ3v) is 5.53. The molecule has 2 aromatic rings. The zero-order chi connectivity index (χ0) is 19.4. The maximum atomic E-state index is 12.6. The standard InChI is InChI=1S/C20H21ClN2O3S/c1-3-26-17-7-5-4-6-16(17)23-18(24)12-27-20(23)14-8-10-15(11-9-14)22-19(25)13(2)21/h4-11,13,20H,3,12H2,1-2H3,(H,22,25). The molecule has 2 unspecified atom stereocenters. The van der Waals surface area contributed by atoms with E-state index < -0.39 is 5.38 Å². The number of carbonyl (C=O) groups excluding carboxylic acids is 2. The number of carbonyl (C=O) groups is 2. The molecule has 1 N–H and O–H groups in total. The Balaban J connectivity index is 1.85. The van der Waals surface area contributed by atoms with E-state index in [0.29, 0.717) is 23.8 Å². The fourth-order valence-corrected chi connectivity index (χ4v) is 4.06. The van der Waals surface area contributed by atoms with Crippen LogP contribution in [0.25, 0.3) is 0 Å². The Labute approximate surface area is 168 Å². The predicted molar refractivity (Wildman–Crippen MR) is 111 cm³/mol. The highest BCUT2D eigenvalue weighted by molar-refractivity contribution is 8.00. The highest BCUT2D eigenvalue weighted by Crippen LogP contribution is 2.44. The number of benzene rings is 2. The van der Waals surface area contributed by atoms with E-state index in [-0.39, 0.29) is 17.2 Å². The average Bonchev–Trinajstić information content (AvgIpc) is 3.04. The minimum Gasteiger partial charge on any atom is -0.492 e. The lowest BCUT2D eigenvalue weighted by molar-refractivity contribution is -0.116. The number of thioether (sulfide) groups is 1. The summed E-state index contributed by atoms with van der Waals surface area (Å²) in [5.41, 5.74) is 2.42. The Hall–Kier alpha value is -2.18. The molecule has 0 saturated carbocycles. The lowest BCUT2D eigenvalue weighted by Crippen LogP contribution is -2.28. The molecule has 1 aliphatic rings. The highest BCUT2D eigenvalue weighted by atomic mass is 35.5. The monoisotopic (exact) mass is 404 g/mol. The molecule has 1 fully saturated rings. The van der Waals surface area contributed by atoms with Gasteiger partial charge in [-0.1, -0.05) is 24.3 Å². The van der Waals surface area contributed by atoms with Crippen LogP contribution in [0.2, 0.25) is 0 Å². The van der Waals surface area contributed by atoms with Gasteiger partial charge in [0.15, 0.2) is 0 Å². The van der Waals surface area contributed by atoms with Crippen LogP contribution in [0.4, 0.5) is 11.4 Å². The zero-order valence-corrected chi connectivity index (χ0v) is 16.7. The van der Waals surface area contributed by atoms with Crippen LogP contribution < -0.4 is 15.0 Å². The Morgan fingerprint density at radius 3 is 2.67 bits per heavy atom. The summed E-state index contributed by atoms with van der Waals surface area (Å²) in [5, 5.41) is 2.02. The summed E-state index contributed by atoms with van der Waals surface area (Å²) in [6.07, 6.45) is 0. The van der Waals surface area contributed by atoms with Crippen molar-refractivity contribution in [2.24, 2.45) is 0 Å². The summed E-state index contributed by atoms with van der Waals surface area (Å²) in [6.45, 7) is 4.08. The minimum absolute atomic E-state index is 0.0468. The number of para-hydroxylation sites is 2. The van der Waals surface area contributed by atoms with Gasteiger partial charge in [-0.2, -0.15) is 0 Å². The quantitative estimate of drug-likeness (QED) is 0.723. The summed E-state index contributed by atoms with van der Waals surface area (Å²) in [4.78, 5) is 26.1. The van der Waals surface area contributed by atoms with Crippen LogP contribution >= 0.6 is 23.4 Å². The van der Waals surface area contributed by atoms with Crippen LogP contribution in [-0.2, 0) is 9.59 Å². The first-order valence-corrected chi connectivity index (χ1v) is 10.2. The van der Waals surface area contributed by atoms with Gasteiger partial charge in [0.05, 0.1) is 18.0 Å². The topological polar surface area (TPSA) is 58.6 Å². The maximum absolute atomic E-state index is 12.6. The molecule has 27 heavy (non-hydrogen) atoms. The molecule has 2 aromatic carbocycles. The van der Waals surface area contributed by atoms with Gasteiger partial charge in [-0.25, -0.2) is 0 Å². The molecule has 2 amide bonds. The smallest absolute Gasteiger partial charge is 0.242 e. The molecule has 1 heterocycles. The second kappa shape index (κ2) is 8.67. The molecule has 7 heteroatoms. The van der Waals surface area contributed by atoms with Crippen LogP contribution in [0.15, 0.2) is 48.5 Å². The van der Waals surface area contributed by atoms with E-state index in [0.717, 1.165) is 11.3 Å². The number of hydrogen-bond donors (Lipinski definition) is 1. The van der Waals surface area contributed by atoms with E-state index in [1.165, 1.54) is 0 Å². The van der Waals surface area contributed by atoms with E-state index >= 15 is 0 Å². The fraction of sp³-hybridized carbons (Fsp3) is 0.300. The molecule has 0 spiro atoms. The number of nitrogens with zero attached hydrogens (tertiary/aromatic N) is 1. The summed E-state index contributed by atoms with van der Waals surface area (Å²) in [6, 6.07) is 15.0. The van der Waals surface area contributed by atoms with Crippen LogP contribution in [0.5, 0.6) is 5.75 Å². The van der Waals surface area contributed by atoms with Crippen LogP contribution in [0.3, 0.4) is 0 Å². The number of rotatable bonds is 6. The number of ether oxygens (including phenoxy) is 1. The number of halogens is 1. The zero-order valence-electron chi connectivity index (χ0n) is 15.1. The third-order valence-electron chi connectivity index (χ3n) is 4.12. The van der Waals surface area contributed by atoms with Crippen LogP contribution in [0.1, 0.15) is 24.8 Å². The fourth-order valence-electron chi connectivity index (χ4n) is 2.84. The van der Waals surface area contributed by atoms with Gasteiger partial charge < -0.3 is 10.1 Å². The van der Waals surface area contributed by atoms with Crippen molar-refractivity contribution in [2.75, 3.05) is 22.6 Å². The van der Waals surface area contributed by atoms with Crippen molar-refractivity contribution >= 4 is 46.6 Å².